The average Bonchev–Trinajstić information content (AvgIpc) is 2.18. The number of piperazine rings is 1. The summed E-state index contributed by atoms with van der Waals surface area (Å²) in [7, 11) is 0. The predicted molar refractivity (Wildman–Crippen MR) is 56.4 cm³/mol. The van der Waals surface area contributed by atoms with Gasteiger partial charge in [0.1, 0.15) is 11.6 Å². The second-order valence-electron chi connectivity index (χ2n) is 3.76. The molecule has 2 rings (SSSR count). The second-order valence-corrected chi connectivity index (χ2v) is 3.76. The Morgan fingerprint density at radius 3 is 3.14 bits per heavy atom. The first-order valence-corrected chi connectivity index (χ1v) is 5.03. The monoisotopic (exact) mass is 192 g/mol. The molecular formula is C10H16N4. The van der Waals surface area contributed by atoms with Crippen LogP contribution in [0.1, 0.15) is 12.7 Å². The third kappa shape index (κ3) is 2.01. The van der Waals surface area contributed by atoms with Crippen molar-refractivity contribution in [2.45, 2.75) is 19.9 Å². The zero-order valence-corrected chi connectivity index (χ0v) is 8.70. The van der Waals surface area contributed by atoms with Crippen molar-refractivity contribution in [1.82, 2.24) is 15.3 Å². The van der Waals surface area contributed by atoms with Gasteiger partial charge < -0.3 is 10.2 Å². The number of aromatic nitrogens is 2. The quantitative estimate of drug-likeness (QED) is 0.707. The maximum Gasteiger partial charge on any atom is 0.132 e. The minimum atomic E-state index is 0.541. The highest BCUT2D eigenvalue weighted by Crippen LogP contribution is 2.11. The smallest absolute Gasteiger partial charge is 0.132 e. The van der Waals surface area contributed by atoms with Crippen LogP contribution in [0, 0.1) is 6.92 Å². The van der Waals surface area contributed by atoms with Crippen molar-refractivity contribution >= 4 is 5.82 Å². The maximum absolute atomic E-state index is 4.42. The number of hydrogen-bond acceptors (Lipinski definition) is 4. The van der Waals surface area contributed by atoms with E-state index in [4.69, 9.17) is 0 Å². The Morgan fingerprint density at radius 1 is 1.57 bits per heavy atom. The summed E-state index contributed by atoms with van der Waals surface area (Å²) in [4.78, 5) is 10.8. The summed E-state index contributed by atoms with van der Waals surface area (Å²) < 4.78 is 0. The third-order valence-corrected chi connectivity index (χ3v) is 2.45. The maximum atomic E-state index is 4.42. The first-order chi connectivity index (χ1) is 6.75. The Bertz CT molecular complexity index is 313. The zero-order chi connectivity index (χ0) is 9.97. The molecule has 0 aliphatic carbocycles. The molecule has 1 atom stereocenters. The Morgan fingerprint density at radius 2 is 2.43 bits per heavy atom. The van der Waals surface area contributed by atoms with Gasteiger partial charge in [-0.15, -0.1) is 0 Å². The van der Waals surface area contributed by atoms with Crippen molar-refractivity contribution in [2.75, 3.05) is 24.5 Å². The van der Waals surface area contributed by atoms with Crippen LogP contribution in [0.4, 0.5) is 5.82 Å². The van der Waals surface area contributed by atoms with Gasteiger partial charge in [0.2, 0.25) is 0 Å². The van der Waals surface area contributed by atoms with E-state index in [1.165, 1.54) is 0 Å². The molecule has 1 saturated heterocycles. The van der Waals surface area contributed by atoms with E-state index in [2.05, 4.69) is 27.1 Å². The zero-order valence-electron chi connectivity index (χ0n) is 8.70. The summed E-state index contributed by atoms with van der Waals surface area (Å²) in [5, 5.41) is 3.41. The largest absolute Gasteiger partial charge is 0.354 e. The lowest BCUT2D eigenvalue weighted by Gasteiger charge is -2.32. The Labute approximate surface area is 84.4 Å². The van der Waals surface area contributed by atoms with E-state index < -0.39 is 0 Å². The van der Waals surface area contributed by atoms with E-state index in [1.807, 2.05) is 19.2 Å². The molecule has 4 heteroatoms. The highest BCUT2D eigenvalue weighted by Gasteiger charge is 2.16. The lowest BCUT2D eigenvalue weighted by molar-refractivity contribution is 0.482. The van der Waals surface area contributed by atoms with Crippen molar-refractivity contribution < 1.29 is 0 Å². The molecule has 1 fully saturated rings. The van der Waals surface area contributed by atoms with Gasteiger partial charge in [-0.3, -0.25) is 0 Å². The van der Waals surface area contributed by atoms with Gasteiger partial charge >= 0.3 is 0 Å². The highest BCUT2D eigenvalue weighted by molar-refractivity contribution is 5.38. The van der Waals surface area contributed by atoms with Gasteiger partial charge in [0.25, 0.3) is 0 Å². The molecule has 1 aromatic rings. The molecule has 1 N–H and O–H groups in total. The Kier molecular flexibility index (Phi) is 2.63. The van der Waals surface area contributed by atoms with E-state index in [1.54, 1.807) is 0 Å². The number of aryl methyl sites for hydroxylation is 1. The summed E-state index contributed by atoms with van der Waals surface area (Å²) in [6, 6.07) is 2.52. The first-order valence-electron chi connectivity index (χ1n) is 5.03. The van der Waals surface area contributed by atoms with Crippen LogP contribution in [0.25, 0.3) is 0 Å². The predicted octanol–water partition coefficient (Wildman–Crippen LogP) is 0.583. The van der Waals surface area contributed by atoms with Crippen LogP contribution in [-0.4, -0.2) is 35.6 Å². The van der Waals surface area contributed by atoms with Crippen molar-refractivity contribution in [3.05, 3.63) is 18.1 Å². The van der Waals surface area contributed by atoms with Crippen LogP contribution in [0.5, 0.6) is 0 Å². The van der Waals surface area contributed by atoms with Gasteiger partial charge in [0.15, 0.2) is 0 Å². The van der Waals surface area contributed by atoms with Crippen LogP contribution < -0.4 is 10.2 Å². The minimum absolute atomic E-state index is 0.541. The molecule has 0 bridgehead atoms. The second kappa shape index (κ2) is 3.92. The van der Waals surface area contributed by atoms with Crippen LogP contribution in [0.2, 0.25) is 0 Å². The first kappa shape index (κ1) is 9.40. The van der Waals surface area contributed by atoms with E-state index in [0.29, 0.717) is 6.04 Å². The Hall–Kier alpha value is -1.16. The molecule has 0 spiro atoms. The molecule has 14 heavy (non-hydrogen) atoms. The number of nitrogens with one attached hydrogen (secondary N) is 1. The standard InChI is InChI=1S/C10H16N4/c1-8-7-14(6-5-11-8)10-3-4-12-9(2)13-10/h3-4,8,11H,5-7H2,1-2H3. The van der Waals surface area contributed by atoms with Crippen LogP contribution in [0.15, 0.2) is 12.3 Å². The van der Waals surface area contributed by atoms with E-state index in [-0.39, 0.29) is 0 Å². The summed E-state index contributed by atoms with van der Waals surface area (Å²) >= 11 is 0. The van der Waals surface area contributed by atoms with E-state index >= 15 is 0 Å². The lowest BCUT2D eigenvalue weighted by atomic mass is 10.2. The molecule has 4 nitrogen and oxygen atoms in total. The molecule has 0 aromatic carbocycles. The fourth-order valence-corrected chi connectivity index (χ4v) is 1.76. The topological polar surface area (TPSA) is 41.1 Å². The molecular weight excluding hydrogens is 176 g/mol. The van der Waals surface area contributed by atoms with Gasteiger partial charge in [-0.2, -0.15) is 0 Å². The fraction of sp³-hybridized carbons (Fsp3) is 0.600. The van der Waals surface area contributed by atoms with Gasteiger partial charge in [-0.05, 0) is 19.9 Å². The molecule has 1 aliphatic rings. The normalized spacial score (nSPS) is 22.4. The van der Waals surface area contributed by atoms with Gasteiger partial charge in [0.05, 0.1) is 0 Å². The molecule has 0 amide bonds. The molecule has 76 valence electrons. The Balaban J connectivity index is 2.14. The van der Waals surface area contributed by atoms with Crippen molar-refractivity contribution in [2.24, 2.45) is 0 Å². The van der Waals surface area contributed by atoms with Crippen LogP contribution >= 0.6 is 0 Å². The van der Waals surface area contributed by atoms with Crippen LogP contribution in [0.3, 0.4) is 0 Å². The van der Waals surface area contributed by atoms with Crippen molar-refractivity contribution in [3.63, 3.8) is 0 Å². The van der Waals surface area contributed by atoms with Crippen molar-refractivity contribution in [3.8, 4) is 0 Å². The van der Waals surface area contributed by atoms with Crippen molar-refractivity contribution in [1.29, 1.82) is 0 Å². The minimum Gasteiger partial charge on any atom is -0.354 e. The number of anilines is 1. The number of hydrogen-bond donors (Lipinski definition) is 1. The highest BCUT2D eigenvalue weighted by atomic mass is 15.2. The molecule has 0 saturated carbocycles. The van der Waals surface area contributed by atoms with E-state index in [0.717, 1.165) is 31.3 Å². The number of rotatable bonds is 1. The van der Waals surface area contributed by atoms with Gasteiger partial charge in [-0.1, -0.05) is 0 Å². The van der Waals surface area contributed by atoms with Gasteiger partial charge in [0, 0.05) is 31.9 Å². The summed E-state index contributed by atoms with van der Waals surface area (Å²) in [6.45, 7) is 7.21. The fourth-order valence-electron chi connectivity index (χ4n) is 1.76. The van der Waals surface area contributed by atoms with E-state index in [9.17, 15) is 0 Å². The van der Waals surface area contributed by atoms with Gasteiger partial charge in [-0.25, -0.2) is 9.97 Å². The SMILES string of the molecule is Cc1nccc(N2CCNC(C)C2)n1. The lowest BCUT2D eigenvalue weighted by Crippen LogP contribution is -2.49. The molecule has 1 unspecified atom stereocenters. The average molecular weight is 192 g/mol. The summed E-state index contributed by atoms with van der Waals surface area (Å²) in [5.74, 6) is 1.89. The van der Waals surface area contributed by atoms with Crippen LogP contribution in [-0.2, 0) is 0 Å². The summed E-state index contributed by atoms with van der Waals surface area (Å²) in [5.41, 5.74) is 0. The molecule has 2 heterocycles. The molecule has 1 aliphatic heterocycles. The number of nitrogens with zero attached hydrogens (tertiary/aromatic N) is 3. The third-order valence-electron chi connectivity index (χ3n) is 2.45. The molecule has 1 aromatic heterocycles. The summed E-state index contributed by atoms with van der Waals surface area (Å²) in [6.07, 6.45) is 1.82. The molecule has 0 radical (unpaired) electrons.